The van der Waals surface area contributed by atoms with Crippen molar-refractivity contribution in [2.45, 2.75) is 6.18 Å². The second kappa shape index (κ2) is 9.36. The highest BCUT2D eigenvalue weighted by Gasteiger charge is 2.36. The lowest BCUT2D eigenvalue weighted by atomic mass is 10.1. The first-order valence-corrected chi connectivity index (χ1v) is 10.8. The molecule has 1 aromatic heterocycles. The van der Waals surface area contributed by atoms with E-state index in [0.717, 1.165) is 22.7 Å². The van der Waals surface area contributed by atoms with Crippen molar-refractivity contribution in [3.8, 4) is 17.1 Å². The van der Waals surface area contributed by atoms with Crippen LogP contribution in [0.3, 0.4) is 0 Å². The number of ether oxygens (including phenoxy) is 1. The van der Waals surface area contributed by atoms with Crippen LogP contribution in [0.1, 0.15) is 11.3 Å². The molecule has 0 bridgehead atoms. The van der Waals surface area contributed by atoms with Gasteiger partial charge in [0, 0.05) is 16.7 Å². The molecule has 1 aliphatic rings. The Bertz CT molecular complexity index is 1220. The van der Waals surface area contributed by atoms with Gasteiger partial charge in [-0.2, -0.15) is 13.2 Å². The summed E-state index contributed by atoms with van der Waals surface area (Å²) in [7, 11) is 0. The van der Waals surface area contributed by atoms with Gasteiger partial charge in [-0.1, -0.05) is 29.8 Å². The number of furan rings is 1. The molecule has 0 radical (unpaired) electrons. The molecule has 2 amide bonds. The smallest absolute Gasteiger partial charge is 0.417 e. The van der Waals surface area contributed by atoms with Gasteiger partial charge < -0.3 is 9.15 Å². The first-order valence-electron chi connectivity index (χ1n) is 9.62. The Kier molecular flexibility index (Phi) is 6.53. The Morgan fingerprint density at radius 3 is 2.48 bits per heavy atom. The third-order valence-corrected chi connectivity index (χ3v) is 5.83. The lowest BCUT2D eigenvalue weighted by Crippen LogP contribution is -2.32. The van der Waals surface area contributed by atoms with Crippen molar-refractivity contribution in [3.05, 3.63) is 81.9 Å². The molecule has 0 spiro atoms. The van der Waals surface area contributed by atoms with Gasteiger partial charge >= 0.3 is 6.18 Å². The van der Waals surface area contributed by atoms with Gasteiger partial charge in [0.25, 0.3) is 11.1 Å². The number of carbonyl (C=O) groups excluding carboxylic acids is 2. The lowest BCUT2D eigenvalue weighted by Gasteiger charge is -2.13. The largest absolute Gasteiger partial charge is 0.492 e. The topological polar surface area (TPSA) is 59.8 Å². The van der Waals surface area contributed by atoms with Crippen molar-refractivity contribution in [2.75, 3.05) is 13.2 Å². The molecule has 1 saturated heterocycles. The van der Waals surface area contributed by atoms with Gasteiger partial charge in [-0.15, -0.1) is 0 Å². The van der Waals surface area contributed by atoms with E-state index in [-0.39, 0.29) is 35.1 Å². The molecule has 5 nitrogen and oxygen atoms in total. The first-order chi connectivity index (χ1) is 15.7. The van der Waals surface area contributed by atoms with Crippen LogP contribution < -0.4 is 4.74 Å². The van der Waals surface area contributed by atoms with E-state index in [1.807, 2.05) is 0 Å². The molecule has 10 heteroatoms. The number of hydrogen-bond donors (Lipinski definition) is 0. The fourth-order valence-corrected chi connectivity index (χ4v) is 4.10. The standard InChI is InChI=1S/C23H15ClF3NO4S/c24-14-5-7-15(8-6-14)31-12-11-28-21(29)20(33-22(28)30)13-16-9-10-19(32-16)17-3-1-2-4-18(17)23(25,26)27/h1-10,13H,11-12H2/b20-13-. The Hall–Kier alpha value is -3.17. The Balaban J connectivity index is 1.45. The van der Waals surface area contributed by atoms with Crippen LogP contribution in [0.2, 0.25) is 5.02 Å². The van der Waals surface area contributed by atoms with Crippen LogP contribution in [0.15, 0.2) is 70.0 Å². The predicted molar refractivity (Wildman–Crippen MR) is 119 cm³/mol. The summed E-state index contributed by atoms with van der Waals surface area (Å²) in [5.41, 5.74) is -0.941. The van der Waals surface area contributed by atoms with Gasteiger partial charge in [-0.05, 0) is 54.2 Å². The maximum absolute atomic E-state index is 13.3. The number of carbonyl (C=O) groups is 2. The second-order valence-electron chi connectivity index (χ2n) is 6.88. The van der Waals surface area contributed by atoms with E-state index in [4.69, 9.17) is 20.8 Å². The summed E-state index contributed by atoms with van der Waals surface area (Å²) in [5, 5.41) is 0.0848. The summed E-state index contributed by atoms with van der Waals surface area (Å²) >= 11 is 6.54. The van der Waals surface area contributed by atoms with Crippen molar-refractivity contribution in [2.24, 2.45) is 0 Å². The van der Waals surface area contributed by atoms with Crippen LogP contribution in [-0.4, -0.2) is 29.2 Å². The zero-order chi connectivity index (χ0) is 23.6. The van der Waals surface area contributed by atoms with Gasteiger partial charge in [-0.25, -0.2) is 0 Å². The Morgan fingerprint density at radius 2 is 1.76 bits per heavy atom. The summed E-state index contributed by atoms with van der Waals surface area (Å²) in [5.74, 6) is 0.178. The van der Waals surface area contributed by atoms with Crippen LogP contribution in [-0.2, 0) is 11.0 Å². The quantitative estimate of drug-likeness (QED) is 0.356. The average Bonchev–Trinajstić information content (AvgIpc) is 3.34. The number of alkyl halides is 3. The van der Waals surface area contributed by atoms with E-state index in [0.29, 0.717) is 10.8 Å². The molecule has 1 fully saturated rings. The van der Waals surface area contributed by atoms with Crippen LogP contribution in [0.5, 0.6) is 5.75 Å². The minimum Gasteiger partial charge on any atom is -0.492 e. The summed E-state index contributed by atoms with van der Waals surface area (Å²) in [6, 6.07) is 14.5. The van der Waals surface area contributed by atoms with Crippen LogP contribution in [0, 0.1) is 0 Å². The predicted octanol–water partition coefficient (Wildman–Crippen LogP) is 6.73. The molecule has 0 aliphatic carbocycles. The van der Waals surface area contributed by atoms with Crippen LogP contribution in [0.4, 0.5) is 18.0 Å². The Morgan fingerprint density at radius 1 is 1.03 bits per heavy atom. The maximum Gasteiger partial charge on any atom is 0.417 e. The number of amides is 2. The van der Waals surface area contributed by atoms with Gasteiger partial charge in [0.1, 0.15) is 23.9 Å². The molecule has 0 unspecified atom stereocenters. The van der Waals surface area contributed by atoms with E-state index in [1.54, 1.807) is 24.3 Å². The minimum atomic E-state index is -4.54. The highest BCUT2D eigenvalue weighted by atomic mass is 35.5. The molecular formula is C23H15ClF3NO4S. The molecule has 2 heterocycles. The van der Waals surface area contributed by atoms with E-state index >= 15 is 0 Å². The number of halogens is 4. The molecule has 0 saturated carbocycles. The number of rotatable bonds is 6. The minimum absolute atomic E-state index is 0.00441. The molecule has 33 heavy (non-hydrogen) atoms. The molecule has 170 valence electrons. The van der Waals surface area contributed by atoms with E-state index in [1.165, 1.54) is 36.4 Å². The van der Waals surface area contributed by atoms with Crippen molar-refractivity contribution in [3.63, 3.8) is 0 Å². The second-order valence-corrected chi connectivity index (χ2v) is 8.31. The highest BCUT2D eigenvalue weighted by Crippen LogP contribution is 2.38. The third-order valence-electron chi connectivity index (χ3n) is 4.67. The SMILES string of the molecule is O=C1S/C(=C\c2ccc(-c3ccccc3C(F)(F)F)o2)C(=O)N1CCOc1ccc(Cl)cc1. The van der Waals surface area contributed by atoms with E-state index in [9.17, 15) is 22.8 Å². The highest BCUT2D eigenvalue weighted by molar-refractivity contribution is 8.18. The number of thioether (sulfide) groups is 1. The zero-order valence-electron chi connectivity index (χ0n) is 16.8. The molecule has 0 atom stereocenters. The lowest BCUT2D eigenvalue weighted by molar-refractivity contribution is -0.137. The monoisotopic (exact) mass is 493 g/mol. The summed E-state index contributed by atoms with van der Waals surface area (Å²) in [4.78, 5) is 26.0. The van der Waals surface area contributed by atoms with Gasteiger partial charge in [-0.3, -0.25) is 14.5 Å². The Labute approximate surface area is 195 Å². The number of hydrogen-bond acceptors (Lipinski definition) is 5. The molecule has 3 aromatic rings. The number of benzene rings is 2. The van der Waals surface area contributed by atoms with Gasteiger partial charge in [0.2, 0.25) is 0 Å². The maximum atomic E-state index is 13.3. The molecular weight excluding hydrogens is 479 g/mol. The number of imide groups is 1. The molecule has 2 aromatic carbocycles. The normalized spacial score (nSPS) is 15.5. The summed E-state index contributed by atoms with van der Waals surface area (Å²) < 4.78 is 50.9. The van der Waals surface area contributed by atoms with Crippen molar-refractivity contribution >= 4 is 40.6 Å². The first kappa shape index (κ1) is 23.0. The van der Waals surface area contributed by atoms with Gasteiger partial charge in [0.15, 0.2) is 0 Å². The van der Waals surface area contributed by atoms with E-state index < -0.39 is 22.9 Å². The third kappa shape index (κ3) is 5.26. The molecule has 4 rings (SSSR count). The van der Waals surface area contributed by atoms with Crippen molar-refractivity contribution in [1.82, 2.24) is 4.90 Å². The van der Waals surface area contributed by atoms with Crippen LogP contribution in [0.25, 0.3) is 17.4 Å². The van der Waals surface area contributed by atoms with Gasteiger partial charge in [0.05, 0.1) is 17.0 Å². The summed E-state index contributed by atoms with van der Waals surface area (Å²) in [6.07, 6.45) is -3.20. The average molecular weight is 494 g/mol. The van der Waals surface area contributed by atoms with Crippen molar-refractivity contribution < 1.29 is 31.9 Å². The zero-order valence-corrected chi connectivity index (χ0v) is 18.3. The fourth-order valence-electron chi connectivity index (χ4n) is 3.13. The fraction of sp³-hybridized carbons (Fsp3) is 0.130. The van der Waals surface area contributed by atoms with Crippen molar-refractivity contribution in [1.29, 1.82) is 0 Å². The van der Waals surface area contributed by atoms with E-state index in [2.05, 4.69) is 0 Å². The molecule has 0 N–H and O–H groups in total. The molecule has 1 aliphatic heterocycles. The summed E-state index contributed by atoms with van der Waals surface area (Å²) in [6.45, 7) is 0.124. The van der Waals surface area contributed by atoms with Crippen LogP contribution >= 0.6 is 23.4 Å². The number of nitrogens with zero attached hydrogens (tertiary/aromatic N) is 1.